The number of hydrogen-bond acceptors (Lipinski definition) is 2. The molecule has 1 aromatic carbocycles. The standard InChI is InChI=1S/C17H21Cl2N3O/c1-5-22-16(9-15(20-22)11(2)3)17(23)21(4)10-12-6-13(18)8-14(19)7-12/h6-9,11H,5,10H2,1-4H3. The number of benzene rings is 1. The summed E-state index contributed by atoms with van der Waals surface area (Å²) in [4.78, 5) is 14.4. The third-order valence-corrected chi connectivity index (χ3v) is 4.03. The number of nitrogens with zero attached hydrogens (tertiary/aromatic N) is 3. The molecule has 23 heavy (non-hydrogen) atoms. The number of carbonyl (C=O) groups is 1. The van der Waals surface area contributed by atoms with Gasteiger partial charge >= 0.3 is 0 Å². The van der Waals surface area contributed by atoms with Crippen LogP contribution in [0, 0.1) is 0 Å². The first-order chi connectivity index (χ1) is 10.8. The van der Waals surface area contributed by atoms with E-state index in [-0.39, 0.29) is 11.8 Å². The van der Waals surface area contributed by atoms with Gasteiger partial charge in [-0.15, -0.1) is 0 Å². The molecule has 2 aromatic rings. The molecule has 0 fully saturated rings. The first-order valence-electron chi connectivity index (χ1n) is 7.60. The molecule has 1 heterocycles. The van der Waals surface area contributed by atoms with E-state index in [1.165, 1.54) is 0 Å². The zero-order chi connectivity index (χ0) is 17.1. The molecule has 0 radical (unpaired) electrons. The number of aryl methyl sites for hydroxylation is 1. The summed E-state index contributed by atoms with van der Waals surface area (Å²) in [7, 11) is 1.76. The van der Waals surface area contributed by atoms with Crippen molar-refractivity contribution in [2.45, 2.75) is 39.8 Å². The predicted molar refractivity (Wildman–Crippen MR) is 94.2 cm³/mol. The van der Waals surface area contributed by atoms with Gasteiger partial charge in [0.15, 0.2) is 0 Å². The van der Waals surface area contributed by atoms with E-state index in [1.54, 1.807) is 22.7 Å². The molecular formula is C17H21Cl2N3O. The minimum atomic E-state index is -0.0673. The van der Waals surface area contributed by atoms with Gasteiger partial charge in [0.05, 0.1) is 5.69 Å². The lowest BCUT2D eigenvalue weighted by Gasteiger charge is -2.18. The molecule has 0 unspecified atom stereocenters. The van der Waals surface area contributed by atoms with Crippen LogP contribution in [-0.4, -0.2) is 27.6 Å². The van der Waals surface area contributed by atoms with Gasteiger partial charge < -0.3 is 4.90 Å². The minimum absolute atomic E-state index is 0.0673. The molecule has 0 saturated heterocycles. The maximum Gasteiger partial charge on any atom is 0.272 e. The van der Waals surface area contributed by atoms with E-state index in [1.807, 2.05) is 25.1 Å². The predicted octanol–water partition coefficient (Wildman–Crippen LogP) is 4.61. The zero-order valence-corrected chi connectivity index (χ0v) is 15.3. The molecule has 0 aliphatic carbocycles. The van der Waals surface area contributed by atoms with Crippen LogP contribution in [0.5, 0.6) is 0 Å². The first-order valence-corrected chi connectivity index (χ1v) is 8.35. The van der Waals surface area contributed by atoms with E-state index in [4.69, 9.17) is 23.2 Å². The minimum Gasteiger partial charge on any atom is -0.336 e. The Kier molecular flexibility index (Phi) is 5.71. The van der Waals surface area contributed by atoms with Crippen molar-refractivity contribution < 1.29 is 4.79 Å². The SMILES string of the molecule is CCn1nc(C(C)C)cc1C(=O)N(C)Cc1cc(Cl)cc(Cl)c1. The largest absolute Gasteiger partial charge is 0.336 e. The van der Waals surface area contributed by atoms with Crippen molar-refractivity contribution in [1.29, 1.82) is 0 Å². The molecule has 124 valence electrons. The Balaban J connectivity index is 2.22. The number of rotatable bonds is 5. The van der Waals surface area contributed by atoms with Crippen molar-refractivity contribution in [1.82, 2.24) is 14.7 Å². The summed E-state index contributed by atoms with van der Waals surface area (Å²) < 4.78 is 1.75. The molecule has 0 bridgehead atoms. The number of aromatic nitrogens is 2. The Morgan fingerprint density at radius 2 is 1.83 bits per heavy atom. The molecule has 0 N–H and O–H groups in total. The highest BCUT2D eigenvalue weighted by molar-refractivity contribution is 6.34. The zero-order valence-electron chi connectivity index (χ0n) is 13.8. The third-order valence-electron chi connectivity index (χ3n) is 3.60. The molecule has 2 rings (SSSR count). The molecule has 0 atom stereocenters. The average Bonchev–Trinajstić information content (AvgIpc) is 2.89. The number of carbonyl (C=O) groups excluding carboxylic acids is 1. The maximum absolute atomic E-state index is 12.7. The molecule has 0 saturated carbocycles. The smallest absolute Gasteiger partial charge is 0.272 e. The molecule has 0 spiro atoms. The molecule has 0 aliphatic heterocycles. The second-order valence-electron chi connectivity index (χ2n) is 5.86. The van der Waals surface area contributed by atoms with Gasteiger partial charge in [0.2, 0.25) is 0 Å². The molecule has 6 heteroatoms. The summed E-state index contributed by atoms with van der Waals surface area (Å²) in [5.74, 6) is 0.216. The molecular weight excluding hydrogens is 333 g/mol. The molecule has 1 amide bonds. The van der Waals surface area contributed by atoms with Gasteiger partial charge in [-0.05, 0) is 42.7 Å². The summed E-state index contributed by atoms with van der Waals surface area (Å²) in [6.45, 7) is 7.20. The van der Waals surface area contributed by atoms with Gasteiger partial charge in [-0.1, -0.05) is 37.0 Å². The summed E-state index contributed by atoms with van der Waals surface area (Å²) in [5.41, 5.74) is 2.42. The Morgan fingerprint density at radius 1 is 1.22 bits per heavy atom. The summed E-state index contributed by atoms with van der Waals surface area (Å²) in [5, 5.41) is 5.62. The molecule has 4 nitrogen and oxygen atoms in total. The van der Waals surface area contributed by atoms with Crippen LogP contribution >= 0.6 is 23.2 Å². The normalized spacial score (nSPS) is 11.1. The van der Waals surface area contributed by atoms with E-state index in [2.05, 4.69) is 18.9 Å². The number of amides is 1. The summed E-state index contributed by atoms with van der Waals surface area (Å²) >= 11 is 12.0. The van der Waals surface area contributed by atoms with E-state index in [0.29, 0.717) is 28.8 Å². The van der Waals surface area contributed by atoms with Crippen molar-refractivity contribution in [3.8, 4) is 0 Å². The van der Waals surface area contributed by atoms with Crippen LogP contribution in [0.1, 0.15) is 48.4 Å². The number of halogens is 2. The van der Waals surface area contributed by atoms with Crippen molar-refractivity contribution in [2.24, 2.45) is 0 Å². The van der Waals surface area contributed by atoms with Gasteiger partial charge in [-0.3, -0.25) is 9.48 Å². The van der Waals surface area contributed by atoms with E-state index >= 15 is 0 Å². The first kappa shape index (κ1) is 17.8. The van der Waals surface area contributed by atoms with Crippen LogP contribution < -0.4 is 0 Å². The highest BCUT2D eigenvalue weighted by Gasteiger charge is 2.19. The lowest BCUT2D eigenvalue weighted by Crippen LogP contribution is -2.28. The Bertz CT molecular complexity index is 690. The van der Waals surface area contributed by atoms with Crippen LogP contribution in [0.2, 0.25) is 10.0 Å². The van der Waals surface area contributed by atoms with E-state index in [9.17, 15) is 4.79 Å². The second-order valence-corrected chi connectivity index (χ2v) is 6.74. The molecule has 1 aromatic heterocycles. The maximum atomic E-state index is 12.7. The monoisotopic (exact) mass is 353 g/mol. The fraction of sp³-hybridized carbons (Fsp3) is 0.412. The van der Waals surface area contributed by atoms with Gasteiger partial charge in [-0.25, -0.2) is 0 Å². The van der Waals surface area contributed by atoms with Crippen LogP contribution in [0.15, 0.2) is 24.3 Å². The van der Waals surface area contributed by atoms with Crippen LogP contribution in [0.3, 0.4) is 0 Å². The highest BCUT2D eigenvalue weighted by atomic mass is 35.5. The van der Waals surface area contributed by atoms with Crippen LogP contribution in [0.4, 0.5) is 0 Å². The van der Waals surface area contributed by atoms with Crippen molar-refractivity contribution in [2.75, 3.05) is 7.05 Å². The van der Waals surface area contributed by atoms with Crippen LogP contribution in [-0.2, 0) is 13.1 Å². The van der Waals surface area contributed by atoms with Crippen molar-refractivity contribution in [3.05, 3.63) is 51.3 Å². The van der Waals surface area contributed by atoms with E-state index < -0.39 is 0 Å². The Labute approximate surface area is 147 Å². The van der Waals surface area contributed by atoms with Gasteiger partial charge in [0, 0.05) is 30.2 Å². The quantitative estimate of drug-likeness (QED) is 0.787. The highest BCUT2D eigenvalue weighted by Crippen LogP contribution is 2.21. The Hall–Kier alpha value is -1.52. The number of hydrogen-bond donors (Lipinski definition) is 0. The second kappa shape index (κ2) is 7.37. The topological polar surface area (TPSA) is 38.1 Å². The van der Waals surface area contributed by atoms with Gasteiger partial charge in [-0.2, -0.15) is 5.10 Å². The third kappa shape index (κ3) is 4.27. The van der Waals surface area contributed by atoms with E-state index in [0.717, 1.165) is 11.3 Å². The average molecular weight is 354 g/mol. The van der Waals surface area contributed by atoms with Crippen molar-refractivity contribution in [3.63, 3.8) is 0 Å². The summed E-state index contributed by atoms with van der Waals surface area (Å²) in [6, 6.07) is 7.18. The molecule has 0 aliphatic rings. The fourth-order valence-electron chi connectivity index (χ4n) is 2.38. The lowest BCUT2D eigenvalue weighted by atomic mass is 10.1. The van der Waals surface area contributed by atoms with Gasteiger partial charge in [0.1, 0.15) is 5.69 Å². The lowest BCUT2D eigenvalue weighted by molar-refractivity contribution is 0.0773. The van der Waals surface area contributed by atoms with Crippen LogP contribution in [0.25, 0.3) is 0 Å². The van der Waals surface area contributed by atoms with Gasteiger partial charge in [0.25, 0.3) is 5.91 Å². The van der Waals surface area contributed by atoms with Crippen molar-refractivity contribution >= 4 is 29.1 Å². The fourth-order valence-corrected chi connectivity index (χ4v) is 2.95. The Morgan fingerprint density at radius 3 is 2.35 bits per heavy atom. The summed E-state index contributed by atoms with van der Waals surface area (Å²) in [6.07, 6.45) is 0.